The molecule has 0 spiro atoms. The van der Waals surface area contributed by atoms with Crippen LogP contribution < -0.4 is 0 Å². The van der Waals surface area contributed by atoms with E-state index in [0.717, 1.165) is 96.3 Å². The van der Waals surface area contributed by atoms with Crippen LogP contribution in [0.3, 0.4) is 0 Å². The summed E-state index contributed by atoms with van der Waals surface area (Å²) >= 11 is 0. The van der Waals surface area contributed by atoms with Gasteiger partial charge in [-0.25, -0.2) is 4.79 Å². The molecule has 0 aromatic carbocycles. The molecule has 9 heteroatoms. The number of carboxylic acids is 1. The van der Waals surface area contributed by atoms with Crippen LogP contribution in [0.4, 0.5) is 0 Å². The van der Waals surface area contributed by atoms with E-state index in [1.54, 1.807) is 0 Å². The molecule has 548 valence electrons. The lowest BCUT2D eigenvalue weighted by molar-refractivity contribution is -0.870. The number of carboxylic acid groups (broad SMARTS) is 1. The van der Waals surface area contributed by atoms with Crippen molar-refractivity contribution in [3.05, 3.63) is 109 Å². The molecule has 0 saturated carbocycles. The molecule has 0 bridgehead atoms. The summed E-state index contributed by atoms with van der Waals surface area (Å²) in [6.07, 6.45) is 104. The zero-order chi connectivity index (χ0) is 69.0. The number of unbranched alkanes of at least 4 members (excludes halogenated alkanes) is 41. The molecule has 0 aromatic rings. The zero-order valence-corrected chi connectivity index (χ0v) is 62.8. The van der Waals surface area contributed by atoms with Crippen LogP contribution in [0.1, 0.15) is 361 Å². The van der Waals surface area contributed by atoms with Gasteiger partial charge in [-0.1, -0.05) is 361 Å². The first-order valence-corrected chi connectivity index (χ1v) is 40.1. The fourth-order valence-electron chi connectivity index (χ4n) is 11.5. The van der Waals surface area contributed by atoms with Gasteiger partial charge >= 0.3 is 17.9 Å². The maximum absolute atomic E-state index is 13.0. The van der Waals surface area contributed by atoms with E-state index in [4.69, 9.17) is 18.9 Å². The number of carbonyl (C=O) groups excluding carboxylic acids is 2. The van der Waals surface area contributed by atoms with Crippen molar-refractivity contribution in [1.82, 2.24) is 0 Å². The van der Waals surface area contributed by atoms with Crippen LogP contribution in [0.15, 0.2) is 109 Å². The Morgan fingerprint density at radius 2 is 0.568 bits per heavy atom. The van der Waals surface area contributed by atoms with Gasteiger partial charge in [-0.2, -0.15) is 0 Å². The Bertz CT molecular complexity index is 1930. The van der Waals surface area contributed by atoms with Gasteiger partial charge in [0.25, 0.3) is 6.29 Å². The molecule has 0 aromatic heterocycles. The smallest absolute Gasteiger partial charge is 0.361 e. The molecular formula is C86H152NO8+. The second-order valence-corrected chi connectivity index (χ2v) is 28.0. The largest absolute Gasteiger partial charge is 0.477 e. The number of ether oxygens (including phenoxy) is 4. The molecule has 0 aliphatic carbocycles. The molecule has 2 atom stereocenters. The highest BCUT2D eigenvalue weighted by molar-refractivity contribution is 5.71. The third kappa shape index (κ3) is 77.2. The van der Waals surface area contributed by atoms with Crippen LogP contribution in [0.25, 0.3) is 0 Å². The standard InChI is InChI=1S/C86H151NO8/c1-6-8-10-12-14-16-18-20-22-24-26-28-30-32-34-36-38-40-42-44-46-48-50-52-54-56-58-60-62-64-66-68-70-72-74-76-83(88)93-80-82(81-94-86(85(90)91)92-79-78-87(3,4)5)95-84(89)77-75-73-71-69-67-65-63-61-59-57-55-53-51-49-47-45-43-41-39-37-35-33-31-29-27-25-23-21-19-17-15-13-11-9-7-2/h8-11,14-17,20-23,26-29,33,35,82,86H,6-7,12-13,18-19,24-25,30-32,34,36-81H2,1-5H3/p+1/b10-8-,11-9-,16-14-,17-15-,22-20-,23-21-,28-26-,29-27-,35-33-. The first-order valence-electron chi connectivity index (χ1n) is 40.1. The van der Waals surface area contributed by atoms with Crippen molar-refractivity contribution in [1.29, 1.82) is 0 Å². The van der Waals surface area contributed by atoms with E-state index in [0.29, 0.717) is 17.4 Å². The molecule has 0 aliphatic heterocycles. The SMILES string of the molecule is CC/C=C\C/C=C\C/C=C\C/C=C\C/C=C\CCCCCCCCCCCCCCCCCCCCCC(=O)OC(COC(=O)CCCCCCCCCCCCCCCCCCCCCCCC/C=C\C/C=C\C/C=C\C/C=C\CC)COC(OCC[N+](C)(C)C)C(=O)O. The number of esters is 2. The number of allylic oxidation sites excluding steroid dienone is 18. The highest BCUT2D eigenvalue weighted by Gasteiger charge is 2.25. The Balaban J connectivity index is 3.99. The lowest BCUT2D eigenvalue weighted by atomic mass is 10.0. The van der Waals surface area contributed by atoms with Gasteiger partial charge in [-0.05, 0) is 96.3 Å². The molecule has 0 heterocycles. The predicted molar refractivity (Wildman–Crippen MR) is 410 cm³/mol. The molecule has 0 aliphatic rings. The summed E-state index contributed by atoms with van der Waals surface area (Å²) in [5.41, 5.74) is 0. The monoisotopic (exact) mass is 1330 g/mol. The second-order valence-electron chi connectivity index (χ2n) is 28.0. The van der Waals surface area contributed by atoms with E-state index < -0.39 is 18.4 Å². The van der Waals surface area contributed by atoms with Gasteiger partial charge in [0.15, 0.2) is 6.10 Å². The lowest BCUT2D eigenvalue weighted by Gasteiger charge is -2.25. The predicted octanol–water partition coefficient (Wildman–Crippen LogP) is 25.7. The minimum Gasteiger partial charge on any atom is -0.477 e. The Morgan fingerprint density at radius 1 is 0.316 bits per heavy atom. The van der Waals surface area contributed by atoms with Crippen LogP contribution in [0.2, 0.25) is 0 Å². The Labute approximate surface area is 587 Å². The summed E-state index contributed by atoms with van der Waals surface area (Å²) in [6, 6.07) is 0. The van der Waals surface area contributed by atoms with Crippen molar-refractivity contribution in [2.45, 2.75) is 373 Å². The number of rotatable bonds is 74. The van der Waals surface area contributed by atoms with E-state index in [1.807, 2.05) is 21.1 Å². The zero-order valence-electron chi connectivity index (χ0n) is 62.8. The van der Waals surface area contributed by atoms with Crippen molar-refractivity contribution < 1.29 is 42.9 Å². The number of aliphatic carboxylic acids is 1. The lowest BCUT2D eigenvalue weighted by Crippen LogP contribution is -2.40. The summed E-state index contributed by atoms with van der Waals surface area (Å²) in [6.45, 7) is 4.70. The number of likely N-dealkylation sites (N-methyl/N-ethyl adjacent to an activating group) is 1. The van der Waals surface area contributed by atoms with Gasteiger partial charge in [0.1, 0.15) is 13.2 Å². The number of quaternary nitrogens is 1. The molecular weight excluding hydrogens is 1170 g/mol. The van der Waals surface area contributed by atoms with E-state index in [1.165, 1.54) is 238 Å². The van der Waals surface area contributed by atoms with E-state index >= 15 is 0 Å². The van der Waals surface area contributed by atoms with Crippen LogP contribution in [0.5, 0.6) is 0 Å². The third-order valence-corrected chi connectivity index (χ3v) is 17.5. The van der Waals surface area contributed by atoms with E-state index in [-0.39, 0.29) is 38.2 Å². The molecule has 0 radical (unpaired) electrons. The van der Waals surface area contributed by atoms with E-state index in [2.05, 4.69) is 123 Å². The van der Waals surface area contributed by atoms with Crippen molar-refractivity contribution >= 4 is 17.9 Å². The van der Waals surface area contributed by atoms with Crippen molar-refractivity contribution in [3.63, 3.8) is 0 Å². The highest BCUT2D eigenvalue weighted by Crippen LogP contribution is 2.19. The molecule has 2 unspecified atom stereocenters. The summed E-state index contributed by atoms with van der Waals surface area (Å²) < 4.78 is 23.1. The van der Waals surface area contributed by atoms with Crippen LogP contribution in [-0.2, 0) is 33.3 Å². The minimum absolute atomic E-state index is 0.180. The summed E-state index contributed by atoms with van der Waals surface area (Å²) in [5.74, 6) is -1.98. The average Bonchev–Trinajstić information content (AvgIpc) is 3.58. The Hall–Kier alpha value is -4.05. The molecule has 1 N–H and O–H groups in total. The molecule has 0 fully saturated rings. The summed E-state index contributed by atoms with van der Waals surface area (Å²) in [5, 5.41) is 9.78. The van der Waals surface area contributed by atoms with Crippen molar-refractivity contribution in [2.75, 3.05) is 47.5 Å². The Morgan fingerprint density at radius 3 is 0.842 bits per heavy atom. The van der Waals surface area contributed by atoms with Crippen LogP contribution >= 0.6 is 0 Å². The molecule has 0 rings (SSSR count). The topological polar surface area (TPSA) is 108 Å². The van der Waals surface area contributed by atoms with Crippen LogP contribution in [-0.4, -0.2) is 87.4 Å². The molecule has 0 amide bonds. The average molecular weight is 1330 g/mol. The number of hydrogen-bond donors (Lipinski definition) is 1. The minimum atomic E-state index is -1.51. The number of hydrogen-bond acceptors (Lipinski definition) is 7. The number of carbonyl (C=O) groups is 3. The second kappa shape index (κ2) is 75.7. The van der Waals surface area contributed by atoms with Gasteiger partial charge in [-0.15, -0.1) is 0 Å². The van der Waals surface area contributed by atoms with Gasteiger partial charge in [0.2, 0.25) is 0 Å². The summed E-state index contributed by atoms with van der Waals surface area (Å²) in [4.78, 5) is 37.8. The van der Waals surface area contributed by atoms with Crippen molar-refractivity contribution in [3.8, 4) is 0 Å². The third-order valence-electron chi connectivity index (χ3n) is 17.5. The van der Waals surface area contributed by atoms with E-state index in [9.17, 15) is 19.5 Å². The summed E-state index contributed by atoms with van der Waals surface area (Å²) in [7, 11) is 5.99. The molecule has 9 nitrogen and oxygen atoms in total. The highest BCUT2D eigenvalue weighted by atomic mass is 16.7. The fraction of sp³-hybridized carbons (Fsp3) is 0.756. The van der Waals surface area contributed by atoms with Gasteiger partial charge in [0.05, 0.1) is 34.4 Å². The first kappa shape index (κ1) is 91.0. The van der Waals surface area contributed by atoms with Gasteiger partial charge in [0, 0.05) is 12.8 Å². The van der Waals surface area contributed by atoms with Crippen LogP contribution in [0, 0.1) is 0 Å². The van der Waals surface area contributed by atoms with Gasteiger partial charge in [-0.3, -0.25) is 9.59 Å². The maximum atomic E-state index is 13.0. The fourth-order valence-corrected chi connectivity index (χ4v) is 11.5. The quantitative estimate of drug-likeness (QED) is 0.0211. The maximum Gasteiger partial charge on any atom is 0.361 e. The van der Waals surface area contributed by atoms with Crippen molar-refractivity contribution in [2.24, 2.45) is 0 Å². The Kier molecular flexibility index (Phi) is 72.5. The number of nitrogens with zero attached hydrogens (tertiary/aromatic N) is 1. The first-order chi connectivity index (χ1) is 46.6. The molecule has 95 heavy (non-hydrogen) atoms. The van der Waals surface area contributed by atoms with Gasteiger partial charge < -0.3 is 28.5 Å². The normalized spacial score (nSPS) is 13.2. The molecule has 0 saturated heterocycles.